The largest absolute Gasteiger partial charge is 0.493 e. The minimum atomic E-state index is -4.78. The number of thioether (sulfide) groups is 1. The second-order valence-corrected chi connectivity index (χ2v) is 6.13. The number of ether oxygens (including phenoxy) is 2. The summed E-state index contributed by atoms with van der Waals surface area (Å²) in [4.78, 5) is 15.1. The van der Waals surface area contributed by atoms with Crippen LogP contribution in [0.2, 0.25) is 0 Å². The van der Waals surface area contributed by atoms with Gasteiger partial charge in [-0.15, -0.1) is 0 Å². The van der Waals surface area contributed by atoms with Gasteiger partial charge in [0, 0.05) is 5.56 Å². The molecule has 6 nitrogen and oxygen atoms in total. The van der Waals surface area contributed by atoms with E-state index >= 15 is 0 Å². The highest BCUT2D eigenvalue weighted by Gasteiger charge is 2.36. The first-order valence-corrected chi connectivity index (χ1v) is 8.35. The number of hydrogen-bond donors (Lipinski definition) is 1. The molecular weight excluding hydrogens is 383 g/mol. The average Bonchev–Trinajstić information content (AvgIpc) is 2.64. The molecule has 0 aliphatic rings. The van der Waals surface area contributed by atoms with Crippen molar-refractivity contribution in [2.75, 3.05) is 20.0 Å². The van der Waals surface area contributed by atoms with E-state index in [1.54, 1.807) is 0 Å². The highest BCUT2D eigenvalue weighted by Crippen LogP contribution is 2.39. The molecule has 0 atom stereocenters. The molecule has 1 aromatic carbocycles. The number of rotatable bonds is 6. The van der Waals surface area contributed by atoms with Gasteiger partial charge in [0.2, 0.25) is 5.91 Å². The number of nitrogens with zero attached hydrogens (tertiary/aromatic N) is 2. The number of hydrogen-bond acceptors (Lipinski definition) is 6. The summed E-state index contributed by atoms with van der Waals surface area (Å²) in [7, 11) is 2.82. The average molecular weight is 397 g/mol. The maximum Gasteiger partial charge on any atom is 0.417 e. The zero-order valence-corrected chi connectivity index (χ0v) is 15.1. The van der Waals surface area contributed by atoms with E-state index in [4.69, 9.17) is 15.2 Å². The number of pyridine rings is 1. The number of primary amides is 1. The van der Waals surface area contributed by atoms with Gasteiger partial charge in [0.05, 0.1) is 36.8 Å². The molecule has 0 spiro atoms. The lowest BCUT2D eigenvalue weighted by atomic mass is 10.0. The Morgan fingerprint density at radius 2 is 1.93 bits per heavy atom. The van der Waals surface area contributed by atoms with Gasteiger partial charge in [0.1, 0.15) is 11.1 Å². The van der Waals surface area contributed by atoms with Crippen molar-refractivity contribution < 1.29 is 27.4 Å². The molecule has 0 radical (unpaired) electrons. The molecule has 142 valence electrons. The van der Waals surface area contributed by atoms with Crippen molar-refractivity contribution in [1.29, 1.82) is 5.26 Å². The van der Waals surface area contributed by atoms with Gasteiger partial charge in [0.15, 0.2) is 11.5 Å². The first kappa shape index (κ1) is 20.4. The molecule has 0 unspecified atom stereocenters. The SMILES string of the molecule is COc1ccc(-c2cc(C(F)(F)F)c(C#N)c(SCC(N)=O)n2)cc1OC. The van der Waals surface area contributed by atoms with Crippen LogP contribution in [0.1, 0.15) is 11.1 Å². The van der Waals surface area contributed by atoms with Gasteiger partial charge in [-0.2, -0.15) is 18.4 Å². The van der Waals surface area contributed by atoms with Crippen molar-refractivity contribution in [3.05, 3.63) is 35.4 Å². The van der Waals surface area contributed by atoms with Crippen molar-refractivity contribution in [3.8, 4) is 28.8 Å². The van der Waals surface area contributed by atoms with E-state index in [0.717, 1.165) is 6.07 Å². The smallest absolute Gasteiger partial charge is 0.417 e. The molecular formula is C17H14F3N3O3S. The molecule has 0 aliphatic heterocycles. The lowest BCUT2D eigenvalue weighted by molar-refractivity contribution is -0.138. The van der Waals surface area contributed by atoms with Crippen LogP contribution >= 0.6 is 11.8 Å². The van der Waals surface area contributed by atoms with Gasteiger partial charge < -0.3 is 15.2 Å². The number of nitrogens with two attached hydrogens (primary N) is 1. The number of carbonyl (C=O) groups excluding carboxylic acids is 1. The molecule has 0 fully saturated rings. The molecule has 1 heterocycles. The van der Waals surface area contributed by atoms with E-state index in [2.05, 4.69) is 4.98 Å². The van der Waals surface area contributed by atoms with Gasteiger partial charge in [0.25, 0.3) is 0 Å². The summed E-state index contributed by atoms with van der Waals surface area (Å²) in [5.41, 5.74) is 3.54. The maximum absolute atomic E-state index is 13.4. The Hall–Kier alpha value is -2.93. The number of nitriles is 1. The molecule has 2 aromatic rings. The van der Waals surface area contributed by atoms with Crippen molar-refractivity contribution in [3.63, 3.8) is 0 Å². The normalized spacial score (nSPS) is 11.0. The minimum absolute atomic E-state index is 0.0331. The fourth-order valence-electron chi connectivity index (χ4n) is 2.24. The van der Waals surface area contributed by atoms with E-state index in [1.807, 2.05) is 0 Å². The van der Waals surface area contributed by atoms with E-state index in [9.17, 15) is 23.2 Å². The Balaban J connectivity index is 2.68. The van der Waals surface area contributed by atoms with E-state index < -0.39 is 23.2 Å². The number of amides is 1. The number of benzene rings is 1. The predicted molar refractivity (Wildman–Crippen MR) is 92.4 cm³/mol. The Labute approximate surface area is 157 Å². The lowest BCUT2D eigenvalue weighted by Gasteiger charge is -2.15. The maximum atomic E-state index is 13.4. The summed E-state index contributed by atoms with van der Waals surface area (Å²) in [5, 5.41) is 8.96. The Morgan fingerprint density at radius 3 is 2.44 bits per heavy atom. The van der Waals surface area contributed by atoms with Crippen LogP contribution in [0, 0.1) is 11.3 Å². The predicted octanol–water partition coefficient (Wildman–Crippen LogP) is 3.23. The number of methoxy groups -OCH3 is 2. The van der Waals surface area contributed by atoms with Crippen molar-refractivity contribution in [1.82, 2.24) is 4.98 Å². The molecule has 0 saturated carbocycles. The third-order valence-electron chi connectivity index (χ3n) is 3.43. The molecule has 1 aromatic heterocycles. The molecule has 2 rings (SSSR count). The summed E-state index contributed by atoms with van der Waals surface area (Å²) in [6.07, 6.45) is -4.78. The molecule has 0 bridgehead atoms. The molecule has 0 saturated heterocycles. The Morgan fingerprint density at radius 1 is 1.26 bits per heavy atom. The van der Waals surface area contributed by atoms with Gasteiger partial charge in [-0.25, -0.2) is 4.98 Å². The van der Waals surface area contributed by atoms with Gasteiger partial charge in [-0.05, 0) is 24.3 Å². The molecule has 27 heavy (non-hydrogen) atoms. The van der Waals surface area contributed by atoms with Crippen LogP contribution in [0.3, 0.4) is 0 Å². The highest BCUT2D eigenvalue weighted by atomic mass is 32.2. The standard InChI is InChI=1S/C17H14F3N3O3S/c1-25-13-4-3-9(5-14(13)26-2)12-6-11(17(18,19)20)10(7-21)16(23-12)27-8-15(22)24/h3-6H,8H2,1-2H3,(H2,22,24). The van der Waals surface area contributed by atoms with Crippen LogP contribution in [0.15, 0.2) is 29.3 Å². The van der Waals surface area contributed by atoms with Gasteiger partial charge >= 0.3 is 6.18 Å². The quantitative estimate of drug-likeness (QED) is 0.752. The number of aromatic nitrogens is 1. The number of carbonyl (C=O) groups is 1. The lowest BCUT2D eigenvalue weighted by Crippen LogP contribution is -2.14. The topological polar surface area (TPSA) is 98.2 Å². The molecule has 1 amide bonds. The number of alkyl halides is 3. The van der Waals surface area contributed by atoms with Crippen LogP contribution in [0.25, 0.3) is 11.3 Å². The second-order valence-electron chi connectivity index (χ2n) is 5.17. The molecule has 10 heteroatoms. The highest BCUT2D eigenvalue weighted by molar-refractivity contribution is 8.00. The molecule has 2 N–H and O–H groups in total. The Bertz CT molecular complexity index is 911. The third-order valence-corrected chi connectivity index (χ3v) is 4.43. The summed E-state index contributed by atoms with van der Waals surface area (Å²) in [6.45, 7) is 0. The summed E-state index contributed by atoms with van der Waals surface area (Å²) < 4.78 is 50.6. The first-order valence-electron chi connectivity index (χ1n) is 7.37. The Kier molecular flexibility index (Phi) is 6.17. The summed E-state index contributed by atoms with van der Waals surface area (Å²) >= 11 is 0.672. The first-order chi connectivity index (χ1) is 12.7. The van der Waals surface area contributed by atoms with Crippen molar-refractivity contribution >= 4 is 17.7 Å². The zero-order chi connectivity index (χ0) is 20.2. The number of halogens is 3. The van der Waals surface area contributed by atoms with Gasteiger partial charge in [-0.1, -0.05) is 11.8 Å². The van der Waals surface area contributed by atoms with E-state index in [0.29, 0.717) is 28.8 Å². The van der Waals surface area contributed by atoms with Crippen LogP contribution < -0.4 is 15.2 Å². The van der Waals surface area contributed by atoms with Gasteiger partial charge in [-0.3, -0.25) is 4.79 Å². The fourth-order valence-corrected chi connectivity index (χ4v) is 2.98. The van der Waals surface area contributed by atoms with Crippen molar-refractivity contribution in [2.45, 2.75) is 11.2 Å². The van der Waals surface area contributed by atoms with Crippen LogP contribution in [-0.4, -0.2) is 30.9 Å². The summed E-state index contributed by atoms with van der Waals surface area (Å²) in [5.74, 6) is -0.347. The van der Waals surface area contributed by atoms with E-state index in [1.165, 1.54) is 38.5 Å². The summed E-state index contributed by atoms with van der Waals surface area (Å²) in [6, 6.07) is 6.81. The van der Waals surface area contributed by atoms with Crippen molar-refractivity contribution in [2.24, 2.45) is 5.73 Å². The molecule has 0 aliphatic carbocycles. The second kappa shape index (κ2) is 8.18. The third kappa shape index (κ3) is 4.62. The van der Waals surface area contributed by atoms with Crippen LogP contribution in [-0.2, 0) is 11.0 Å². The van der Waals surface area contributed by atoms with E-state index in [-0.39, 0.29) is 16.5 Å². The monoisotopic (exact) mass is 397 g/mol. The zero-order valence-electron chi connectivity index (χ0n) is 14.3. The van der Waals surface area contributed by atoms with Crippen LogP contribution in [0.5, 0.6) is 11.5 Å². The fraction of sp³-hybridized carbons (Fsp3) is 0.235. The minimum Gasteiger partial charge on any atom is -0.493 e. The van der Waals surface area contributed by atoms with Crippen LogP contribution in [0.4, 0.5) is 13.2 Å².